The van der Waals surface area contributed by atoms with Crippen LogP contribution in [0.25, 0.3) is 0 Å². The summed E-state index contributed by atoms with van der Waals surface area (Å²) < 4.78 is 12.7. The molecule has 1 amide bonds. The minimum atomic E-state index is -0.0501. The van der Waals surface area contributed by atoms with Crippen molar-refractivity contribution in [3.8, 4) is 0 Å². The number of fused-ring (bicyclic) bond motifs is 1. The molecule has 4 heterocycles. The van der Waals surface area contributed by atoms with Gasteiger partial charge in [0.1, 0.15) is 5.69 Å². The molecule has 0 bridgehead atoms. The second-order valence-corrected chi connectivity index (χ2v) is 6.94. The fraction of sp³-hybridized carbons (Fsp3) is 0.750. The molecule has 0 aliphatic carbocycles. The fourth-order valence-corrected chi connectivity index (χ4v) is 3.70. The topological polar surface area (TPSA) is 68.6 Å². The third kappa shape index (κ3) is 2.56. The van der Waals surface area contributed by atoms with Crippen molar-refractivity contribution in [3.05, 3.63) is 17.0 Å². The minimum Gasteiger partial charge on any atom is -0.378 e. The molecule has 1 aromatic rings. The van der Waals surface area contributed by atoms with Crippen molar-refractivity contribution in [1.82, 2.24) is 20.0 Å². The highest BCUT2D eigenvalue weighted by molar-refractivity contribution is 5.95. The summed E-state index contributed by atoms with van der Waals surface area (Å²) in [6.45, 7) is 7.14. The summed E-state index contributed by atoms with van der Waals surface area (Å²) in [6, 6.07) is 0.846. The number of aryl methyl sites for hydroxylation is 1. The van der Waals surface area contributed by atoms with Crippen molar-refractivity contribution in [2.75, 3.05) is 26.3 Å². The first-order chi connectivity index (χ1) is 11.0. The molecule has 3 aliphatic heterocycles. The van der Waals surface area contributed by atoms with Crippen molar-refractivity contribution in [3.63, 3.8) is 0 Å². The van der Waals surface area contributed by atoms with Crippen LogP contribution >= 0.6 is 0 Å². The third-order valence-corrected chi connectivity index (χ3v) is 4.97. The highest BCUT2D eigenvalue weighted by atomic mass is 16.5. The first-order valence-corrected chi connectivity index (χ1v) is 8.37. The third-order valence-electron chi connectivity index (χ3n) is 4.97. The lowest BCUT2D eigenvalue weighted by Gasteiger charge is -2.43. The Labute approximate surface area is 135 Å². The molecule has 126 valence electrons. The van der Waals surface area contributed by atoms with Crippen LogP contribution in [0.2, 0.25) is 0 Å². The number of carbonyl (C=O) groups excluding carboxylic acids is 1. The Hall–Kier alpha value is -1.44. The van der Waals surface area contributed by atoms with Gasteiger partial charge in [-0.05, 0) is 13.8 Å². The van der Waals surface area contributed by atoms with E-state index in [2.05, 4.69) is 10.4 Å². The molecular formula is C16H24N4O3. The lowest BCUT2D eigenvalue weighted by atomic mass is 9.98. The Morgan fingerprint density at radius 2 is 2.00 bits per heavy atom. The van der Waals surface area contributed by atoms with Gasteiger partial charge in [-0.1, -0.05) is 0 Å². The second kappa shape index (κ2) is 5.58. The fourth-order valence-electron chi connectivity index (χ4n) is 3.70. The van der Waals surface area contributed by atoms with E-state index in [0.29, 0.717) is 12.1 Å². The van der Waals surface area contributed by atoms with Gasteiger partial charge in [-0.25, -0.2) is 0 Å². The normalized spacial score (nSPS) is 28.2. The molecule has 1 aromatic heterocycles. The maximum atomic E-state index is 12.9. The average Bonchev–Trinajstić information content (AvgIpc) is 2.71. The summed E-state index contributed by atoms with van der Waals surface area (Å²) in [4.78, 5) is 14.8. The lowest BCUT2D eigenvalue weighted by molar-refractivity contribution is -0.0211. The number of nitrogens with one attached hydrogen (secondary N) is 1. The van der Waals surface area contributed by atoms with E-state index < -0.39 is 0 Å². The lowest BCUT2D eigenvalue weighted by Crippen LogP contribution is -2.64. The van der Waals surface area contributed by atoms with Gasteiger partial charge in [-0.2, -0.15) is 5.10 Å². The molecule has 0 radical (unpaired) electrons. The minimum absolute atomic E-state index is 0.0501. The van der Waals surface area contributed by atoms with E-state index in [1.807, 2.05) is 25.8 Å². The summed E-state index contributed by atoms with van der Waals surface area (Å²) in [7, 11) is 1.85. The standard InChI is InChI=1S/C16H24N4O3/c1-9-4-13-14(10(2)23-9)18-19(3)15(13)16(21)20-5-11(6-20)17-12-7-22-8-12/h9-12,17H,4-8H2,1-3H3/t9-,10+/m1/s1. The zero-order valence-corrected chi connectivity index (χ0v) is 13.9. The van der Waals surface area contributed by atoms with Gasteiger partial charge in [0.25, 0.3) is 5.91 Å². The highest BCUT2D eigenvalue weighted by Gasteiger charge is 2.38. The van der Waals surface area contributed by atoms with Crippen LogP contribution in [0.4, 0.5) is 0 Å². The van der Waals surface area contributed by atoms with Crippen molar-refractivity contribution in [2.45, 2.75) is 44.6 Å². The molecule has 2 fully saturated rings. The molecule has 4 rings (SSSR count). The predicted molar refractivity (Wildman–Crippen MR) is 83.3 cm³/mol. The summed E-state index contributed by atoms with van der Waals surface area (Å²) in [5.74, 6) is 0.0884. The first-order valence-electron chi connectivity index (χ1n) is 8.37. The molecule has 0 aromatic carbocycles. The number of likely N-dealkylation sites (tertiary alicyclic amines) is 1. The number of hydrogen-bond donors (Lipinski definition) is 1. The Balaban J connectivity index is 1.47. The largest absolute Gasteiger partial charge is 0.378 e. The van der Waals surface area contributed by atoms with Gasteiger partial charge in [-0.15, -0.1) is 0 Å². The molecule has 1 N–H and O–H groups in total. The van der Waals surface area contributed by atoms with Gasteiger partial charge >= 0.3 is 0 Å². The van der Waals surface area contributed by atoms with E-state index in [1.165, 1.54) is 0 Å². The van der Waals surface area contributed by atoms with Crippen LogP contribution in [0.1, 0.15) is 41.7 Å². The van der Waals surface area contributed by atoms with Crippen LogP contribution in [0, 0.1) is 0 Å². The van der Waals surface area contributed by atoms with Crippen molar-refractivity contribution in [1.29, 1.82) is 0 Å². The molecule has 0 saturated carbocycles. The van der Waals surface area contributed by atoms with Crippen LogP contribution in [-0.4, -0.2) is 65.1 Å². The van der Waals surface area contributed by atoms with E-state index in [-0.39, 0.29) is 18.1 Å². The quantitative estimate of drug-likeness (QED) is 0.865. The van der Waals surface area contributed by atoms with Crippen LogP contribution in [0.3, 0.4) is 0 Å². The molecule has 0 spiro atoms. The van der Waals surface area contributed by atoms with Gasteiger partial charge < -0.3 is 19.7 Å². The van der Waals surface area contributed by atoms with Gasteiger partial charge in [0.2, 0.25) is 0 Å². The second-order valence-electron chi connectivity index (χ2n) is 6.94. The maximum absolute atomic E-state index is 12.9. The van der Waals surface area contributed by atoms with Crippen LogP contribution in [-0.2, 0) is 22.9 Å². The van der Waals surface area contributed by atoms with Crippen LogP contribution in [0.5, 0.6) is 0 Å². The molecule has 23 heavy (non-hydrogen) atoms. The molecule has 2 saturated heterocycles. The van der Waals surface area contributed by atoms with Crippen LogP contribution in [0.15, 0.2) is 0 Å². The van der Waals surface area contributed by atoms with Gasteiger partial charge in [-0.3, -0.25) is 9.48 Å². The molecule has 3 aliphatic rings. The maximum Gasteiger partial charge on any atom is 0.272 e. The van der Waals surface area contributed by atoms with Crippen LogP contribution < -0.4 is 5.32 Å². The monoisotopic (exact) mass is 320 g/mol. The Morgan fingerprint density at radius 1 is 1.26 bits per heavy atom. The summed E-state index contributed by atoms with van der Waals surface area (Å²) >= 11 is 0. The number of amides is 1. The summed E-state index contributed by atoms with van der Waals surface area (Å²) in [6.07, 6.45) is 0.826. The molecular weight excluding hydrogens is 296 g/mol. The number of carbonyl (C=O) groups is 1. The van der Waals surface area contributed by atoms with Gasteiger partial charge in [0.15, 0.2) is 0 Å². The molecule has 7 nitrogen and oxygen atoms in total. The zero-order valence-electron chi connectivity index (χ0n) is 13.9. The Kier molecular flexibility index (Phi) is 3.66. The smallest absolute Gasteiger partial charge is 0.272 e. The average molecular weight is 320 g/mol. The highest BCUT2D eigenvalue weighted by Crippen LogP contribution is 2.32. The Morgan fingerprint density at radius 3 is 2.65 bits per heavy atom. The van der Waals surface area contributed by atoms with E-state index in [0.717, 1.165) is 49.7 Å². The van der Waals surface area contributed by atoms with E-state index in [1.54, 1.807) is 4.68 Å². The first kappa shape index (κ1) is 15.1. The number of ether oxygens (including phenoxy) is 2. The molecule has 0 unspecified atom stereocenters. The van der Waals surface area contributed by atoms with Crippen molar-refractivity contribution < 1.29 is 14.3 Å². The number of hydrogen-bond acceptors (Lipinski definition) is 5. The van der Waals surface area contributed by atoms with Gasteiger partial charge in [0, 0.05) is 38.2 Å². The summed E-state index contributed by atoms with van der Waals surface area (Å²) in [5.41, 5.74) is 2.70. The number of nitrogens with zero attached hydrogens (tertiary/aromatic N) is 3. The SMILES string of the molecule is C[C@@H]1Cc2c(nn(C)c2C(=O)N2CC(NC3COC3)C2)[C@H](C)O1. The molecule has 2 atom stereocenters. The van der Waals surface area contributed by atoms with E-state index in [9.17, 15) is 4.79 Å². The predicted octanol–water partition coefficient (Wildman–Crippen LogP) is 0.255. The van der Waals surface area contributed by atoms with Gasteiger partial charge in [0.05, 0.1) is 37.2 Å². The summed E-state index contributed by atoms with van der Waals surface area (Å²) in [5, 5.41) is 8.04. The Bertz CT molecular complexity index is 619. The van der Waals surface area contributed by atoms with Crippen molar-refractivity contribution in [2.24, 2.45) is 7.05 Å². The van der Waals surface area contributed by atoms with E-state index >= 15 is 0 Å². The number of rotatable bonds is 3. The van der Waals surface area contributed by atoms with E-state index in [4.69, 9.17) is 9.47 Å². The van der Waals surface area contributed by atoms with Crippen molar-refractivity contribution >= 4 is 5.91 Å². The zero-order chi connectivity index (χ0) is 16.1. The number of aromatic nitrogens is 2. The molecule has 7 heteroatoms.